The molecule has 1 aromatic carbocycles. The molecule has 0 saturated carbocycles. The Kier molecular flexibility index (Phi) is 5.74. The molecule has 24 heavy (non-hydrogen) atoms. The zero-order valence-electron chi connectivity index (χ0n) is 14.7. The number of urea groups is 1. The molecule has 2 fully saturated rings. The molecule has 2 heterocycles. The lowest BCUT2D eigenvalue weighted by molar-refractivity contribution is 0.0896. The van der Waals surface area contributed by atoms with E-state index in [0.29, 0.717) is 13.2 Å². The SMILES string of the molecule is COCCNC(=O)N1CCC2(CCCN(Cc3ccccc3)C2)C1. The average Bonchev–Trinajstić information content (AvgIpc) is 2.99. The average molecular weight is 331 g/mol. The minimum Gasteiger partial charge on any atom is -0.383 e. The van der Waals surface area contributed by atoms with Gasteiger partial charge in [-0.1, -0.05) is 30.3 Å². The Labute approximate surface area is 145 Å². The number of piperidine rings is 1. The van der Waals surface area contributed by atoms with Crippen molar-refractivity contribution in [3.8, 4) is 0 Å². The molecule has 0 aliphatic carbocycles. The molecule has 1 atom stereocenters. The van der Waals surface area contributed by atoms with Gasteiger partial charge in [-0.15, -0.1) is 0 Å². The van der Waals surface area contributed by atoms with Gasteiger partial charge >= 0.3 is 6.03 Å². The molecule has 2 saturated heterocycles. The molecule has 2 amide bonds. The summed E-state index contributed by atoms with van der Waals surface area (Å²) >= 11 is 0. The number of benzene rings is 1. The summed E-state index contributed by atoms with van der Waals surface area (Å²) in [4.78, 5) is 16.8. The maximum atomic E-state index is 12.3. The van der Waals surface area contributed by atoms with E-state index in [0.717, 1.165) is 39.1 Å². The molecule has 5 heteroatoms. The Bertz CT molecular complexity index is 537. The zero-order chi connectivity index (χ0) is 16.8. The number of likely N-dealkylation sites (tertiary alicyclic amines) is 2. The van der Waals surface area contributed by atoms with Gasteiger partial charge < -0.3 is 15.0 Å². The summed E-state index contributed by atoms with van der Waals surface area (Å²) < 4.78 is 5.00. The quantitative estimate of drug-likeness (QED) is 0.842. The van der Waals surface area contributed by atoms with Crippen molar-refractivity contribution < 1.29 is 9.53 Å². The third-order valence-corrected chi connectivity index (χ3v) is 5.30. The number of amides is 2. The Hall–Kier alpha value is -1.59. The van der Waals surface area contributed by atoms with Crippen LogP contribution in [0.3, 0.4) is 0 Å². The molecular weight excluding hydrogens is 302 g/mol. The van der Waals surface area contributed by atoms with Crippen molar-refractivity contribution in [3.05, 3.63) is 35.9 Å². The number of hydrogen-bond donors (Lipinski definition) is 1. The van der Waals surface area contributed by atoms with Gasteiger partial charge in [0, 0.05) is 45.2 Å². The number of methoxy groups -OCH3 is 1. The fraction of sp³-hybridized carbons (Fsp3) is 0.632. The standard InChI is InChI=1S/C19H29N3O2/c1-24-13-10-20-18(23)22-12-9-19(16-22)8-5-11-21(15-19)14-17-6-3-2-4-7-17/h2-4,6-7H,5,8-16H2,1H3,(H,20,23). The van der Waals surface area contributed by atoms with Crippen molar-refractivity contribution in [1.82, 2.24) is 15.1 Å². The molecule has 0 bridgehead atoms. The van der Waals surface area contributed by atoms with E-state index in [1.807, 2.05) is 4.90 Å². The maximum absolute atomic E-state index is 12.3. The number of nitrogens with zero attached hydrogens (tertiary/aromatic N) is 2. The van der Waals surface area contributed by atoms with Crippen molar-refractivity contribution in [1.29, 1.82) is 0 Å². The molecule has 5 nitrogen and oxygen atoms in total. The van der Waals surface area contributed by atoms with Crippen LogP contribution < -0.4 is 5.32 Å². The highest BCUT2D eigenvalue weighted by Gasteiger charge is 2.42. The highest BCUT2D eigenvalue weighted by atomic mass is 16.5. The van der Waals surface area contributed by atoms with Crippen LogP contribution in [-0.2, 0) is 11.3 Å². The van der Waals surface area contributed by atoms with E-state index in [1.165, 1.54) is 18.4 Å². The summed E-state index contributed by atoms with van der Waals surface area (Å²) in [5.74, 6) is 0. The Morgan fingerprint density at radius 3 is 2.83 bits per heavy atom. The fourth-order valence-electron chi connectivity index (χ4n) is 4.10. The van der Waals surface area contributed by atoms with Gasteiger partial charge in [0.2, 0.25) is 0 Å². The number of carbonyl (C=O) groups excluding carboxylic acids is 1. The summed E-state index contributed by atoms with van der Waals surface area (Å²) in [6.07, 6.45) is 3.59. The van der Waals surface area contributed by atoms with Crippen LogP contribution in [0, 0.1) is 5.41 Å². The topological polar surface area (TPSA) is 44.8 Å². The Morgan fingerprint density at radius 1 is 1.21 bits per heavy atom. The van der Waals surface area contributed by atoms with Gasteiger partial charge in [0.1, 0.15) is 0 Å². The molecule has 0 aromatic heterocycles. The van der Waals surface area contributed by atoms with Gasteiger partial charge in [-0.2, -0.15) is 0 Å². The van der Waals surface area contributed by atoms with Gasteiger partial charge in [-0.05, 0) is 31.4 Å². The number of hydrogen-bond acceptors (Lipinski definition) is 3. The smallest absolute Gasteiger partial charge is 0.317 e. The van der Waals surface area contributed by atoms with Crippen molar-refractivity contribution in [2.75, 3.05) is 46.4 Å². The molecule has 3 rings (SSSR count). The highest BCUT2D eigenvalue weighted by molar-refractivity contribution is 5.74. The molecule has 1 N–H and O–H groups in total. The summed E-state index contributed by atoms with van der Waals surface area (Å²) in [6, 6.07) is 10.7. The first-order valence-corrected chi connectivity index (χ1v) is 8.99. The maximum Gasteiger partial charge on any atom is 0.317 e. The molecule has 1 spiro atoms. The monoisotopic (exact) mass is 331 g/mol. The first-order chi connectivity index (χ1) is 11.7. The van der Waals surface area contributed by atoms with E-state index in [-0.39, 0.29) is 11.4 Å². The van der Waals surface area contributed by atoms with Gasteiger partial charge in [0.15, 0.2) is 0 Å². The van der Waals surface area contributed by atoms with E-state index >= 15 is 0 Å². The van der Waals surface area contributed by atoms with Crippen LogP contribution in [0.5, 0.6) is 0 Å². The van der Waals surface area contributed by atoms with Crippen molar-refractivity contribution in [2.45, 2.75) is 25.8 Å². The molecule has 0 radical (unpaired) electrons. The van der Waals surface area contributed by atoms with Gasteiger partial charge in [-0.25, -0.2) is 4.79 Å². The van der Waals surface area contributed by atoms with E-state index < -0.39 is 0 Å². The van der Waals surface area contributed by atoms with E-state index in [4.69, 9.17) is 4.74 Å². The van der Waals surface area contributed by atoms with E-state index in [2.05, 4.69) is 40.5 Å². The molecule has 2 aliphatic rings. The Morgan fingerprint density at radius 2 is 2.04 bits per heavy atom. The van der Waals surface area contributed by atoms with Crippen LogP contribution in [-0.4, -0.2) is 62.3 Å². The summed E-state index contributed by atoms with van der Waals surface area (Å²) in [5.41, 5.74) is 1.66. The van der Waals surface area contributed by atoms with Crippen molar-refractivity contribution in [3.63, 3.8) is 0 Å². The summed E-state index contributed by atoms with van der Waals surface area (Å²) in [5, 5.41) is 2.95. The normalized spacial score (nSPS) is 24.5. The first-order valence-electron chi connectivity index (χ1n) is 8.99. The van der Waals surface area contributed by atoms with Gasteiger partial charge in [0.05, 0.1) is 6.61 Å². The predicted molar refractivity (Wildman–Crippen MR) is 94.9 cm³/mol. The van der Waals surface area contributed by atoms with Crippen LogP contribution in [0.4, 0.5) is 4.79 Å². The van der Waals surface area contributed by atoms with Crippen LogP contribution in [0.25, 0.3) is 0 Å². The van der Waals surface area contributed by atoms with Crippen LogP contribution >= 0.6 is 0 Å². The highest BCUT2D eigenvalue weighted by Crippen LogP contribution is 2.39. The Balaban J connectivity index is 1.53. The lowest BCUT2D eigenvalue weighted by atomic mass is 9.79. The third-order valence-electron chi connectivity index (χ3n) is 5.30. The predicted octanol–water partition coefficient (Wildman–Crippen LogP) is 2.33. The van der Waals surface area contributed by atoms with Crippen LogP contribution in [0.15, 0.2) is 30.3 Å². The second kappa shape index (κ2) is 7.99. The molecule has 2 aliphatic heterocycles. The minimum atomic E-state index is 0.0594. The number of ether oxygens (including phenoxy) is 1. The third kappa shape index (κ3) is 4.28. The van der Waals surface area contributed by atoms with Crippen LogP contribution in [0.1, 0.15) is 24.8 Å². The second-order valence-electron chi connectivity index (χ2n) is 7.20. The van der Waals surface area contributed by atoms with E-state index in [1.54, 1.807) is 7.11 Å². The number of nitrogens with one attached hydrogen (secondary N) is 1. The summed E-state index contributed by atoms with van der Waals surface area (Å²) in [6.45, 7) is 6.19. The lowest BCUT2D eigenvalue weighted by Crippen LogP contribution is -2.46. The second-order valence-corrected chi connectivity index (χ2v) is 7.20. The zero-order valence-corrected chi connectivity index (χ0v) is 14.7. The molecule has 132 valence electrons. The molecular formula is C19H29N3O2. The largest absolute Gasteiger partial charge is 0.383 e. The summed E-state index contributed by atoms with van der Waals surface area (Å²) in [7, 11) is 1.65. The number of carbonyl (C=O) groups is 1. The van der Waals surface area contributed by atoms with Crippen LogP contribution in [0.2, 0.25) is 0 Å². The minimum absolute atomic E-state index is 0.0594. The molecule has 1 aromatic rings. The first kappa shape index (κ1) is 17.2. The van der Waals surface area contributed by atoms with Crippen molar-refractivity contribution >= 4 is 6.03 Å². The van der Waals surface area contributed by atoms with Gasteiger partial charge in [-0.3, -0.25) is 4.90 Å². The van der Waals surface area contributed by atoms with Crippen molar-refractivity contribution in [2.24, 2.45) is 5.41 Å². The molecule has 1 unspecified atom stereocenters. The number of rotatable bonds is 5. The fourth-order valence-corrected chi connectivity index (χ4v) is 4.10. The van der Waals surface area contributed by atoms with Gasteiger partial charge in [0.25, 0.3) is 0 Å². The lowest BCUT2D eigenvalue weighted by Gasteiger charge is -2.40. The van der Waals surface area contributed by atoms with E-state index in [9.17, 15) is 4.79 Å².